The molecule has 1 aliphatic heterocycles. The number of ether oxygens (including phenoxy) is 1. The fraction of sp³-hybridized carbons (Fsp3) is 0.269. The van der Waals surface area contributed by atoms with E-state index >= 15 is 0 Å². The molecule has 194 valence electrons. The number of benzene rings is 3. The minimum Gasteiger partial charge on any atom is -0.497 e. The molecule has 9 nitrogen and oxygen atoms in total. The van der Waals surface area contributed by atoms with Crippen molar-refractivity contribution in [2.45, 2.75) is 28.5 Å². The van der Waals surface area contributed by atoms with E-state index in [0.717, 1.165) is 22.1 Å². The van der Waals surface area contributed by atoms with Crippen LogP contribution in [0.4, 0.5) is 5.69 Å². The average molecular weight is 542 g/mol. The molecule has 0 aromatic heterocycles. The van der Waals surface area contributed by atoms with Crippen LogP contribution in [-0.4, -0.2) is 61.7 Å². The first-order valence-electron chi connectivity index (χ1n) is 11.6. The maximum atomic E-state index is 13.7. The van der Waals surface area contributed by atoms with Crippen LogP contribution in [0.3, 0.4) is 0 Å². The van der Waals surface area contributed by atoms with E-state index < -0.39 is 14.9 Å². The number of nitro benzene ring substituents is 1. The van der Waals surface area contributed by atoms with Crippen LogP contribution >= 0.6 is 11.8 Å². The lowest BCUT2D eigenvalue weighted by atomic mass is 10.2. The normalized spacial score (nSPS) is 14.4. The fourth-order valence-corrected chi connectivity index (χ4v) is 6.98. The van der Waals surface area contributed by atoms with Gasteiger partial charge in [-0.3, -0.25) is 14.9 Å². The number of methoxy groups -OCH3 is 1. The van der Waals surface area contributed by atoms with Crippen molar-refractivity contribution in [1.82, 2.24) is 9.21 Å². The third-order valence-corrected chi connectivity index (χ3v) is 9.49. The average Bonchev–Trinajstić information content (AvgIpc) is 2.90. The molecule has 0 N–H and O–H groups in total. The number of carbonyl (C=O) groups excluding carboxylic acids is 1. The minimum atomic E-state index is -4.06. The van der Waals surface area contributed by atoms with Gasteiger partial charge in [-0.05, 0) is 61.4 Å². The minimum absolute atomic E-state index is 0.0838. The Hall–Kier alpha value is -3.41. The van der Waals surface area contributed by atoms with Gasteiger partial charge in [0, 0.05) is 53.7 Å². The molecule has 1 amide bonds. The number of sulfonamides is 1. The lowest BCUT2D eigenvalue weighted by Gasteiger charge is -2.34. The maximum Gasteiger partial charge on any atom is 0.270 e. The van der Waals surface area contributed by atoms with Crippen LogP contribution in [0.5, 0.6) is 5.75 Å². The van der Waals surface area contributed by atoms with Gasteiger partial charge in [-0.25, -0.2) is 8.42 Å². The second-order valence-electron chi connectivity index (χ2n) is 8.68. The Balaban J connectivity index is 1.58. The van der Waals surface area contributed by atoms with Crippen molar-refractivity contribution in [2.24, 2.45) is 0 Å². The first-order valence-corrected chi connectivity index (χ1v) is 13.8. The first-order chi connectivity index (χ1) is 17.6. The Morgan fingerprint density at radius 1 is 0.946 bits per heavy atom. The molecule has 0 radical (unpaired) electrons. The van der Waals surface area contributed by atoms with Gasteiger partial charge in [-0.1, -0.05) is 23.9 Å². The summed E-state index contributed by atoms with van der Waals surface area (Å²) in [4.78, 5) is 26.5. The highest BCUT2D eigenvalue weighted by Gasteiger charge is 2.33. The zero-order chi connectivity index (χ0) is 26.7. The molecule has 0 unspecified atom stereocenters. The molecule has 0 aliphatic carbocycles. The summed E-state index contributed by atoms with van der Waals surface area (Å²) in [7, 11) is -2.52. The summed E-state index contributed by atoms with van der Waals surface area (Å²) in [5.74, 6) is 0.445. The summed E-state index contributed by atoms with van der Waals surface area (Å²) in [5, 5.41) is 11.5. The number of aryl methyl sites for hydroxylation is 2. The molecular formula is C26H27N3O6S2. The zero-order valence-electron chi connectivity index (χ0n) is 20.7. The van der Waals surface area contributed by atoms with Crippen molar-refractivity contribution in [3.05, 3.63) is 87.5 Å². The third-order valence-electron chi connectivity index (χ3n) is 6.18. The molecular weight excluding hydrogens is 514 g/mol. The summed E-state index contributed by atoms with van der Waals surface area (Å²) in [6, 6.07) is 16.6. The van der Waals surface area contributed by atoms with Gasteiger partial charge >= 0.3 is 0 Å². The largest absolute Gasteiger partial charge is 0.497 e. The van der Waals surface area contributed by atoms with Gasteiger partial charge in [-0.15, -0.1) is 0 Å². The Morgan fingerprint density at radius 2 is 1.62 bits per heavy atom. The van der Waals surface area contributed by atoms with Gasteiger partial charge in [0.1, 0.15) is 10.6 Å². The predicted molar refractivity (Wildman–Crippen MR) is 141 cm³/mol. The molecule has 3 aromatic rings. The second kappa shape index (κ2) is 10.9. The fourth-order valence-electron chi connectivity index (χ4n) is 4.02. The molecule has 1 fully saturated rings. The van der Waals surface area contributed by atoms with Gasteiger partial charge in [0.15, 0.2) is 0 Å². The van der Waals surface area contributed by atoms with Crippen LogP contribution in [0.25, 0.3) is 0 Å². The molecule has 4 rings (SSSR count). The maximum absolute atomic E-state index is 13.7. The van der Waals surface area contributed by atoms with Crippen molar-refractivity contribution in [3.63, 3.8) is 0 Å². The van der Waals surface area contributed by atoms with E-state index in [4.69, 9.17) is 4.74 Å². The summed E-state index contributed by atoms with van der Waals surface area (Å²) < 4.78 is 33.8. The van der Waals surface area contributed by atoms with E-state index in [1.807, 2.05) is 32.0 Å². The Morgan fingerprint density at radius 3 is 2.24 bits per heavy atom. The molecule has 0 saturated carbocycles. The van der Waals surface area contributed by atoms with Crippen LogP contribution in [-0.2, 0) is 10.0 Å². The van der Waals surface area contributed by atoms with E-state index in [0.29, 0.717) is 16.2 Å². The molecule has 3 aromatic carbocycles. The highest BCUT2D eigenvalue weighted by molar-refractivity contribution is 8.00. The van der Waals surface area contributed by atoms with Crippen LogP contribution in [0.15, 0.2) is 75.4 Å². The summed E-state index contributed by atoms with van der Waals surface area (Å²) in [5.41, 5.74) is 2.19. The molecule has 1 heterocycles. The van der Waals surface area contributed by atoms with Gasteiger partial charge in [0.2, 0.25) is 10.0 Å². The quantitative estimate of drug-likeness (QED) is 0.320. The van der Waals surface area contributed by atoms with Crippen molar-refractivity contribution in [2.75, 3.05) is 33.3 Å². The number of non-ortho nitro benzene ring substituents is 1. The molecule has 11 heteroatoms. The topological polar surface area (TPSA) is 110 Å². The Labute approximate surface area is 220 Å². The molecule has 0 bridgehead atoms. The number of amides is 1. The lowest BCUT2D eigenvalue weighted by Crippen LogP contribution is -2.50. The van der Waals surface area contributed by atoms with E-state index in [9.17, 15) is 23.3 Å². The summed E-state index contributed by atoms with van der Waals surface area (Å²) >= 11 is 1.27. The number of rotatable bonds is 7. The number of hydrogen-bond acceptors (Lipinski definition) is 7. The van der Waals surface area contributed by atoms with Crippen molar-refractivity contribution in [3.8, 4) is 5.75 Å². The van der Waals surface area contributed by atoms with Crippen LogP contribution in [0.1, 0.15) is 21.5 Å². The van der Waals surface area contributed by atoms with E-state index in [1.165, 1.54) is 28.2 Å². The van der Waals surface area contributed by atoms with Gasteiger partial charge in [0.25, 0.3) is 11.6 Å². The van der Waals surface area contributed by atoms with Crippen molar-refractivity contribution < 1.29 is 22.9 Å². The van der Waals surface area contributed by atoms with Gasteiger partial charge in [0.05, 0.1) is 12.0 Å². The van der Waals surface area contributed by atoms with Gasteiger partial charge in [-0.2, -0.15) is 4.31 Å². The Kier molecular flexibility index (Phi) is 7.86. The smallest absolute Gasteiger partial charge is 0.270 e. The van der Waals surface area contributed by atoms with Crippen molar-refractivity contribution in [1.29, 1.82) is 0 Å². The monoisotopic (exact) mass is 541 g/mol. The molecule has 37 heavy (non-hydrogen) atoms. The Bertz CT molecular complexity index is 1430. The summed E-state index contributed by atoms with van der Waals surface area (Å²) in [6.07, 6.45) is 0. The van der Waals surface area contributed by atoms with Crippen molar-refractivity contribution >= 4 is 33.4 Å². The molecule has 1 aliphatic rings. The zero-order valence-corrected chi connectivity index (χ0v) is 22.3. The number of carbonyl (C=O) groups is 1. The third kappa shape index (κ3) is 5.79. The van der Waals surface area contributed by atoms with E-state index in [-0.39, 0.29) is 42.7 Å². The summed E-state index contributed by atoms with van der Waals surface area (Å²) in [6.45, 7) is 4.46. The van der Waals surface area contributed by atoms with E-state index in [1.54, 1.807) is 36.3 Å². The second-order valence-corrected chi connectivity index (χ2v) is 11.7. The molecule has 1 saturated heterocycles. The number of piperazine rings is 1. The highest BCUT2D eigenvalue weighted by Crippen LogP contribution is 2.38. The number of nitro groups is 1. The van der Waals surface area contributed by atoms with Crippen LogP contribution in [0, 0.1) is 24.0 Å². The molecule has 0 atom stereocenters. The highest BCUT2D eigenvalue weighted by atomic mass is 32.2. The predicted octanol–water partition coefficient (Wildman–Crippen LogP) is 4.52. The molecule has 0 spiro atoms. The first kappa shape index (κ1) is 26.6. The number of nitrogens with zero attached hydrogens (tertiary/aromatic N) is 3. The SMILES string of the molecule is COc1ccc(C(=O)N2CCN(S(=O)(=O)c3cc([N+](=O)[O-])ccc3Sc3cc(C)ccc3C)CC2)cc1. The lowest BCUT2D eigenvalue weighted by molar-refractivity contribution is -0.385. The van der Waals surface area contributed by atoms with E-state index in [2.05, 4.69) is 0 Å². The number of hydrogen-bond donors (Lipinski definition) is 0. The van der Waals surface area contributed by atoms with Crippen LogP contribution < -0.4 is 4.74 Å². The standard InChI is InChI=1S/C26H27N3O6S2/c1-18-4-5-19(2)24(16-18)36-23-11-8-21(29(31)32)17-25(23)37(33,34)28-14-12-27(13-15-28)26(30)20-6-9-22(35-3)10-7-20/h4-11,16-17H,12-15H2,1-3H3. The van der Waals surface area contributed by atoms with Crippen LogP contribution in [0.2, 0.25) is 0 Å². The van der Waals surface area contributed by atoms with Gasteiger partial charge < -0.3 is 9.64 Å².